The molecule has 0 unspecified atom stereocenters. The molecule has 0 saturated heterocycles. The van der Waals surface area contributed by atoms with E-state index in [1.807, 2.05) is 13.8 Å². The third kappa shape index (κ3) is 7.94. The summed E-state index contributed by atoms with van der Waals surface area (Å²) in [6.45, 7) is 4.61. The molecule has 0 fully saturated rings. The first-order chi connectivity index (χ1) is 11.0. The third-order valence-electron chi connectivity index (χ3n) is 3.01. The van der Waals surface area contributed by atoms with E-state index in [1.54, 1.807) is 29.2 Å². The van der Waals surface area contributed by atoms with Gasteiger partial charge < -0.3 is 15.7 Å². The topological polar surface area (TPSA) is 98.7 Å². The number of carboxylic acids is 1. The molecule has 7 nitrogen and oxygen atoms in total. The zero-order chi connectivity index (χ0) is 17.2. The van der Waals surface area contributed by atoms with Gasteiger partial charge in [0.2, 0.25) is 5.91 Å². The summed E-state index contributed by atoms with van der Waals surface area (Å²) in [6, 6.07) is 6.61. The van der Waals surface area contributed by atoms with Crippen LogP contribution in [-0.4, -0.2) is 54.0 Å². The van der Waals surface area contributed by atoms with Gasteiger partial charge in [-0.3, -0.25) is 19.3 Å². The van der Waals surface area contributed by atoms with Gasteiger partial charge in [0, 0.05) is 17.8 Å². The van der Waals surface area contributed by atoms with Crippen LogP contribution in [-0.2, 0) is 9.59 Å². The predicted molar refractivity (Wildman–Crippen MR) is 94.7 cm³/mol. The summed E-state index contributed by atoms with van der Waals surface area (Å²) in [4.78, 5) is 36.2. The molecule has 0 saturated carbocycles. The molecule has 8 heteroatoms. The van der Waals surface area contributed by atoms with Crippen molar-refractivity contribution >= 4 is 35.9 Å². The second-order valence-electron chi connectivity index (χ2n) is 5.09. The van der Waals surface area contributed by atoms with Crippen molar-refractivity contribution in [2.75, 3.05) is 31.5 Å². The third-order valence-corrected chi connectivity index (χ3v) is 3.01. The fourth-order valence-electron chi connectivity index (χ4n) is 2.13. The first-order valence-electron chi connectivity index (χ1n) is 7.58. The van der Waals surface area contributed by atoms with Gasteiger partial charge in [-0.25, -0.2) is 0 Å². The van der Waals surface area contributed by atoms with Crippen molar-refractivity contribution in [3.63, 3.8) is 0 Å². The SMILES string of the molecule is CCCN(CC(=O)O)CC(=O)Nc1cccc(C(=O)NCC)c1.Cl. The fourth-order valence-corrected chi connectivity index (χ4v) is 2.13. The standard InChI is InChI=1S/C16H23N3O4.ClH/c1-3-8-19(11-15(21)22)10-14(20)18-13-7-5-6-12(9-13)16(23)17-4-2;/h5-7,9H,3-4,8,10-11H2,1-2H3,(H,17,23)(H,18,20)(H,21,22);1H. The lowest BCUT2D eigenvalue weighted by molar-refractivity contribution is -0.138. The van der Waals surface area contributed by atoms with Gasteiger partial charge in [-0.15, -0.1) is 12.4 Å². The molecular weight excluding hydrogens is 334 g/mol. The van der Waals surface area contributed by atoms with Gasteiger partial charge in [-0.05, 0) is 38.1 Å². The van der Waals surface area contributed by atoms with Crippen LogP contribution in [0.25, 0.3) is 0 Å². The summed E-state index contributed by atoms with van der Waals surface area (Å²) in [5.41, 5.74) is 0.964. The second-order valence-corrected chi connectivity index (χ2v) is 5.09. The van der Waals surface area contributed by atoms with Crippen molar-refractivity contribution in [1.29, 1.82) is 0 Å². The summed E-state index contributed by atoms with van der Waals surface area (Å²) in [5.74, 6) is -1.49. The minimum absolute atomic E-state index is 0. The van der Waals surface area contributed by atoms with E-state index in [1.165, 1.54) is 0 Å². The van der Waals surface area contributed by atoms with Crippen LogP contribution in [0.3, 0.4) is 0 Å². The molecule has 1 aromatic carbocycles. The maximum absolute atomic E-state index is 12.0. The lowest BCUT2D eigenvalue weighted by atomic mass is 10.2. The van der Waals surface area contributed by atoms with E-state index >= 15 is 0 Å². The molecule has 0 atom stereocenters. The van der Waals surface area contributed by atoms with E-state index in [0.717, 1.165) is 6.42 Å². The lowest BCUT2D eigenvalue weighted by Crippen LogP contribution is -2.37. The first-order valence-corrected chi connectivity index (χ1v) is 7.58. The summed E-state index contributed by atoms with van der Waals surface area (Å²) < 4.78 is 0. The Hall–Kier alpha value is -2.12. The van der Waals surface area contributed by atoms with Gasteiger partial charge in [-0.2, -0.15) is 0 Å². The highest BCUT2D eigenvalue weighted by molar-refractivity contribution is 5.97. The van der Waals surface area contributed by atoms with Crippen molar-refractivity contribution in [1.82, 2.24) is 10.2 Å². The van der Waals surface area contributed by atoms with Crippen LogP contribution in [0.5, 0.6) is 0 Å². The second kappa shape index (κ2) is 11.4. The van der Waals surface area contributed by atoms with Crippen LogP contribution in [0.15, 0.2) is 24.3 Å². The van der Waals surface area contributed by atoms with E-state index < -0.39 is 5.97 Å². The van der Waals surface area contributed by atoms with E-state index in [-0.39, 0.29) is 37.3 Å². The van der Waals surface area contributed by atoms with Crippen LogP contribution in [0.2, 0.25) is 0 Å². The van der Waals surface area contributed by atoms with Gasteiger partial charge in [0.1, 0.15) is 0 Å². The highest BCUT2D eigenvalue weighted by atomic mass is 35.5. The fraction of sp³-hybridized carbons (Fsp3) is 0.438. The minimum Gasteiger partial charge on any atom is -0.480 e. The maximum Gasteiger partial charge on any atom is 0.317 e. The Kier molecular flexibility index (Phi) is 10.4. The molecule has 3 N–H and O–H groups in total. The zero-order valence-electron chi connectivity index (χ0n) is 13.9. The number of aliphatic carboxylic acids is 1. The Labute approximate surface area is 147 Å². The molecule has 134 valence electrons. The number of hydrogen-bond donors (Lipinski definition) is 3. The molecule has 0 aliphatic rings. The zero-order valence-corrected chi connectivity index (χ0v) is 14.7. The van der Waals surface area contributed by atoms with Gasteiger partial charge in [-0.1, -0.05) is 13.0 Å². The number of halogens is 1. The summed E-state index contributed by atoms with van der Waals surface area (Å²) in [7, 11) is 0. The van der Waals surface area contributed by atoms with Crippen LogP contribution in [0, 0.1) is 0 Å². The molecule has 0 radical (unpaired) electrons. The number of carbonyl (C=O) groups excluding carboxylic acids is 2. The summed E-state index contributed by atoms with van der Waals surface area (Å²) in [6.07, 6.45) is 0.757. The van der Waals surface area contributed by atoms with E-state index in [0.29, 0.717) is 24.3 Å². The Bertz CT molecular complexity index is 566. The molecule has 0 spiro atoms. The molecule has 0 aliphatic carbocycles. The minimum atomic E-state index is -0.968. The molecule has 1 aromatic rings. The van der Waals surface area contributed by atoms with Crippen molar-refractivity contribution in [3.8, 4) is 0 Å². The molecule has 0 aromatic heterocycles. The largest absolute Gasteiger partial charge is 0.480 e. The Balaban J connectivity index is 0.00000529. The van der Waals surface area contributed by atoms with Gasteiger partial charge in [0.25, 0.3) is 5.91 Å². The number of nitrogens with one attached hydrogen (secondary N) is 2. The van der Waals surface area contributed by atoms with Crippen molar-refractivity contribution in [3.05, 3.63) is 29.8 Å². The summed E-state index contributed by atoms with van der Waals surface area (Å²) in [5, 5.41) is 14.2. The van der Waals surface area contributed by atoms with Crippen molar-refractivity contribution in [2.45, 2.75) is 20.3 Å². The quantitative estimate of drug-likeness (QED) is 0.623. The first kappa shape index (κ1) is 21.9. The summed E-state index contributed by atoms with van der Waals surface area (Å²) >= 11 is 0. The van der Waals surface area contributed by atoms with Crippen LogP contribution >= 0.6 is 12.4 Å². The van der Waals surface area contributed by atoms with Crippen LogP contribution < -0.4 is 10.6 Å². The Morgan fingerprint density at radius 2 is 1.88 bits per heavy atom. The average molecular weight is 358 g/mol. The number of rotatable bonds is 9. The average Bonchev–Trinajstić information content (AvgIpc) is 2.47. The number of carbonyl (C=O) groups is 3. The van der Waals surface area contributed by atoms with Crippen LogP contribution in [0.4, 0.5) is 5.69 Å². The molecule has 0 aliphatic heterocycles. The maximum atomic E-state index is 12.0. The van der Waals surface area contributed by atoms with E-state index in [9.17, 15) is 14.4 Å². The van der Waals surface area contributed by atoms with E-state index in [2.05, 4.69) is 10.6 Å². The number of hydrogen-bond acceptors (Lipinski definition) is 4. The normalized spacial score (nSPS) is 9.96. The number of benzene rings is 1. The van der Waals surface area contributed by atoms with Crippen molar-refractivity contribution in [2.24, 2.45) is 0 Å². The molecule has 0 bridgehead atoms. The molecule has 0 heterocycles. The number of anilines is 1. The van der Waals surface area contributed by atoms with Gasteiger partial charge >= 0.3 is 5.97 Å². The molecule has 1 rings (SSSR count). The molecule has 24 heavy (non-hydrogen) atoms. The Morgan fingerprint density at radius 3 is 2.46 bits per heavy atom. The van der Waals surface area contributed by atoms with Crippen molar-refractivity contribution < 1.29 is 19.5 Å². The van der Waals surface area contributed by atoms with Gasteiger partial charge in [0.05, 0.1) is 13.1 Å². The van der Waals surface area contributed by atoms with Gasteiger partial charge in [0.15, 0.2) is 0 Å². The Morgan fingerprint density at radius 1 is 1.17 bits per heavy atom. The smallest absolute Gasteiger partial charge is 0.317 e. The lowest BCUT2D eigenvalue weighted by Gasteiger charge is -2.18. The highest BCUT2D eigenvalue weighted by Crippen LogP contribution is 2.10. The number of carboxylic acid groups (broad SMARTS) is 1. The molecular formula is C16H24ClN3O4. The number of nitrogens with zero attached hydrogens (tertiary/aromatic N) is 1. The molecule has 2 amide bonds. The predicted octanol–water partition coefficient (Wildman–Crippen LogP) is 1.59. The van der Waals surface area contributed by atoms with E-state index in [4.69, 9.17) is 5.11 Å². The highest BCUT2D eigenvalue weighted by Gasteiger charge is 2.14. The van der Waals surface area contributed by atoms with Crippen LogP contribution in [0.1, 0.15) is 30.6 Å². The number of amides is 2. The monoisotopic (exact) mass is 357 g/mol.